The largest absolute Gasteiger partial charge is 0.283 e. The first-order valence-corrected chi connectivity index (χ1v) is 12.3. The number of hydrogen-bond acceptors (Lipinski definition) is 6. The number of para-hydroxylation sites is 1. The van der Waals surface area contributed by atoms with Crippen molar-refractivity contribution in [2.24, 2.45) is 0 Å². The second-order valence-electron chi connectivity index (χ2n) is 7.98. The molecule has 11 heteroatoms. The summed E-state index contributed by atoms with van der Waals surface area (Å²) >= 11 is 0. The van der Waals surface area contributed by atoms with E-state index in [0.29, 0.717) is 18.7 Å². The van der Waals surface area contributed by atoms with Gasteiger partial charge in [0.15, 0.2) is 5.65 Å². The van der Waals surface area contributed by atoms with Crippen molar-refractivity contribution in [3.05, 3.63) is 83.0 Å². The Hall–Kier alpha value is -3.83. The van der Waals surface area contributed by atoms with Crippen LogP contribution in [0.15, 0.2) is 76.8 Å². The second kappa shape index (κ2) is 8.84. The lowest BCUT2D eigenvalue weighted by Gasteiger charge is -2.25. The lowest BCUT2D eigenvalue weighted by molar-refractivity contribution is 0.101. The smallest absolute Gasteiger partial charge is 0.267 e. The highest BCUT2D eigenvalue weighted by molar-refractivity contribution is 7.89. The summed E-state index contributed by atoms with van der Waals surface area (Å²) in [6, 6.07) is 14.9. The molecule has 3 heterocycles. The third-order valence-electron chi connectivity index (χ3n) is 5.78. The molecule has 1 amide bonds. The van der Waals surface area contributed by atoms with E-state index >= 15 is 0 Å². The molecule has 0 unspecified atom stereocenters. The van der Waals surface area contributed by atoms with Crippen LogP contribution in [0.5, 0.6) is 0 Å². The molecule has 0 atom stereocenters. The topological polar surface area (TPSA) is 119 Å². The van der Waals surface area contributed by atoms with E-state index in [0.717, 1.165) is 29.6 Å². The van der Waals surface area contributed by atoms with Crippen LogP contribution in [-0.2, 0) is 10.0 Å². The molecule has 1 N–H and O–H groups in total. The zero-order valence-corrected chi connectivity index (χ0v) is 19.0. The number of amides is 1. The standard InChI is InChI=1S/C23H22N6O4S/c30-22(17-9-11-19(12-10-17)34(32,33)27-13-5-2-6-14-27)26-28-16-24-21-20(23(28)31)15-25-29(21)18-7-3-1-4-8-18/h1,3-4,7-12,15-16H,2,5-6,13-14H2,(H,26,30). The zero-order chi connectivity index (χ0) is 23.7. The van der Waals surface area contributed by atoms with Crippen LogP contribution in [0.4, 0.5) is 0 Å². The van der Waals surface area contributed by atoms with E-state index in [1.165, 1.54) is 41.1 Å². The van der Waals surface area contributed by atoms with Gasteiger partial charge in [-0.3, -0.25) is 15.0 Å². The van der Waals surface area contributed by atoms with E-state index in [9.17, 15) is 18.0 Å². The van der Waals surface area contributed by atoms with Crippen molar-refractivity contribution >= 4 is 27.0 Å². The van der Waals surface area contributed by atoms with Crippen LogP contribution in [0.25, 0.3) is 16.7 Å². The summed E-state index contributed by atoms with van der Waals surface area (Å²) in [5.41, 5.74) is 3.35. The Morgan fingerprint density at radius 2 is 1.65 bits per heavy atom. The molecule has 174 valence electrons. The van der Waals surface area contributed by atoms with Gasteiger partial charge in [-0.15, -0.1) is 0 Å². The third kappa shape index (κ3) is 3.99. The van der Waals surface area contributed by atoms with Crippen LogP contribution in [0, 0.1) is 0 Å². The number of fused-ring (bicyclic) bond motifs is 1. The first-order chi connectivity index (χ1) is 16.4. The Labute approximate surface area is 195 Å². The Balaban J connectivity index is 1.36. The van der Waals surface area contributed by atoms with Gasteiger partial charge < -0.3 is 0 Å². The summed E-state index contributed by atoms with van der Waals surface area (Å²) in [6.07, 6.45) is 5.34. The number of carbonyl (C=O) groups is 1. The maximum Gasteiger partial charge on any atom is 0.283 e. The van der Waals surface area contributed by atoms with E-state index in [1.807, 2.05) is 30.3 Å². The van der Waals surface area contributed by atoms with E-state index in [4.69, 9.17) is 0 Å². The van der Waals surface area contributed by atoms with E-state index in [2.05, 4.69) is 15.5 Å². The molecule has 34 heavy (non-hydrogen) atoms. The number of hydrogen-bond donors (Lipinski definition) is 1. The van der Waals surface area contributed by atoms with Crippen molar-refractivity contribution in [2.45, 2.75) is 24.2 Å². The molecule has 0 spiro atoms. The van der Waals surface area contributed by atoms with Crippen LogP contribution >= 0.6 is 0 Å². The van der Waals surface area contributed by atoms with Crippen molar-refractivity contribution in [1.82, 2.24) is 23.7 Å². The fourth-order valence-electron chi connectivity index (χ4n) is 3.96. The van der Waals surface area contributed by atoms with Gasteiger partial charge in [0.25, 0.3) is 11.5 Å². The van der Waals surface area contributed by atoms with Gasteiger partial charge >= 0.3 is 0 Å². The molecule has 1 aliphatic rings. The normalized spacial score (nSPS) is 14.8. The van der Waals surface area contributed by atoms with Gasteiger partial charge in [-0.1, -0.05) is 24.6 Å². The fraction of sp³-hybridized carbons (Fsp3) is 0.217. The quantitative estimate of drug-likeness (QED) is 0.469. The van der Waals surface area contributed by atoms with E-state index < -0.39 is 21.5 Å². The highest BCUT2D eigenvalue weighted by Crippen LogP contribution is 2.21. The first-order valence-electron chi connectivity index (χ1n) is 10.9. The number of nitrogens with zero attached hydrogens (tertiary/aromatic N) is 5. The minimum atomic E-state index is -3.59. The monoisotopic (exact) mass is 478 g/mol. The number of piperidine rings is 1. The average molecular weight is 479 g/mol. The molecule has 2 aromatic heterocycles. The van der Waals surface area contributed by atoms with E-state index in [1.54, 1.807) is 4.68 Å². The summed E-state index contributed by atoms with van der Waals surface area (Å²) < 4.78 is 29.6. The van der Waals surface area contributed by atoms with Crippen molar-refractivity contribution in [3.63, 3.8) is 0 Å². The summed E-state index contributed by atoms with van der Waals surface area (Å²) in [7, 11) is -3.59. The number of nitrogens with one attached hydrogen (secondary N) is 1. The minimum Gasteiger partial charge on any atom is -0.267 e. The number of sulfonamides is 1. The van der Waals surface area contributed by atoms with Gasteiger partial charge in [-0.2, -0.15) is 9.40 Å². The predicted molar refractivity (Wildman–Crippen MR) is 126 cm³/mol. The maximum atomic E-state index is 12.9. The maximum absolute atomic E-state index is 12.9. The molecule has 1 aliphatic heterocycles. The van der Waals surface area contributed by atoms with Crippen LogP contribution in [0.3, 0.4) is 0 Å². The predicted octanol–water partition coefficient (Wildman–Crippen LogP) is 2.14. The molecular weight excluding hydrogens is 456 g/mol. The minimum absolute atomic E-state index is 0.138. The van der Waals surface area contributed by atoms with Gasteiger partial charge in [0.1, 0.15) is 11.7 Å². The summed E-state index contributed by atoms with van der Waals surface area (Å²) in [6.45, 7) is 1.01. The summed E-state index contributed by atoms with van der Waals surface area (Å²) in [4.78, 5) is 30.0. The number of aromatic nitrogens is 4. The average Bonchev–Trinajstić information content (AvgIpc) is 3.32. The molecule has 2 aromatic carbocycles. The molecule has 4 aromatic rings. The van der Waals surface area contributed by atoms with Crippen molar-refractivity contribution in [3.8, 4) is 5.69 Å². The third-order valence-corrected chi connectivity index (χ3v) is 7.69. The molecule has 0 saturated carbocycles. The number of carbonyl (C=O) groups excluding carboxylic acids is 1. The van der Waals surface area contributed by atoms with Gasteiger partial charge in [-0.25, -0.2) is 22.8 Å². The Morgan fingerprint density at radius 3 is 2.35 bits per heavy atom. The van der Waals surface area contributed by atoms with Crippen molar-refractivity contribution in [1.29, 1.82) is 0 Å². The summed E-state index contributed by atoms with van der Waals surface area (Å²) in [5, 5.41) is 4.49. The second-order valence-corrected chi connectivity index (χ2v) is 9.92. The van der Waals surface area contributed by atoms with Gasteiger partial charge in [0.05, 0.1) is 16.8 Å². The Bertz CT molecular complexity index is 1500. The Morgan fingerprint density at radius 1 is 0.941 bits per heavy atom. The molecule has 5 rings (SSSR count). The zero-order valence-electron chi connectivity index (χ0n) is 18.2. The molecule has 1 fully saturated rings. The van der Waals surface area contributed by atoms with Crippen molar-refractivity contribution in [2.75, 3.05) is 18.5 Å². The molecule has 0 aliphatic carbocycles. The van der Waals surface area contributed by atoms with Crippen LogP contribution in [0.1, 0.15) is 29.6 Å². The number of benzene rings is 2. The lowest BCUT2D eigenvalue weighted by Crippen LogP contribution is -2.35. The molecule has 10 nitrogen and oxygen atoms in total. The Kier molecular flexibility index (Phi) is 5.72. The van der Waals surface area contributed by atoms with Crippen LogP contribution in [-0.4, -0.2) is 51.2 Å². The van der Waals surface area contributed by atoms with Crippen LogP contribution < -0.4 is 11.0 Å². The van der Waals surface area contributed by atoms with E-state index in [-0.39, 0.29) is 15.8 Å². The van der Waals surface area contributed by atoms with Gasteiger partial charge in [-0.05, 0) is 49.2 Å². The first kappa shape index (κ1) is 22.0. The molecule has 0 bridgehead atoms. The molecule has 1 saturated heterocycles. The molecular formula is C23H22N6O4S. The number of rotatable bonds is 5. The van der Waals surface area contributed by atoms with Gasteiger partial charge in [0.2, 0.25) is 10.0 Å². The fourth-order valence-corrected chi connectivity index (χ4v) is 5.47. The van der Waals surface area contributed by atoms with Crippen LogP contribution in [0.2, 0.25) is 0 Å². The molecule has 0 radical (unpaired) electrons. The summed E-state index contributed by atoms with van der Waals surface area (Å²) in [5.74, 6) is -0.569. The highest BCUT2D eigenvalue weighted by Gasteiger charge is 2.26. The highest BCUT2D eigenvalue weighted by atomic mass is 32.2. The van der Waals surface area contributed by atoms with Gasteiger partial charge in [0, 0.05) is 18.7 Å². The SMILES string of the molecule is O=C(Nn1cnc2c(cnn2-c2ccccc2)c1=O)c1ccc(S(=O)(=O)N2CCCCC2)cc1. The van der Waals surface area contributed by atoms with Crippen molar-refractivity contribution < 1.29 is 13.2 Å². The lowest BCUT2D eigenvalue weighted by atomic mass is 10.2.